The van der Waals surface area contributed by atoms with E-state index in [2.05, 4.69) is 46.0 Å². The van der Waals surface area contributed by atoms with Crippen molar-refractivity contribution in [3.63, 3.8) is 0 Å². The second kappa shape index (κ2) is 9.44. The summed E-state index contributed by atoms with van der Waals surface area (Å²) in [6.07, 6.45) is 3.58. The summed E-state index contributed by atoms with van der Waals surface area (Å²) in [4.78, 5) is 16.1. The lowest BCUT2D eigenvalue weighted by Crippen LogP contribution is -2.01. The molecule has 28 heavy (non-hydrogen) atoms. The average molecular weight is 384 g/mol. The van der Waals surface area contributed by atoms with Crippen LogP contribution in [-0.2, 0) is 0 Å². The molecule has 0 fully saturated rings. The minimum absolute atomic E-state index is 0.328. The van der Waals surface area contributed by atoms with Crippen molar-refractivity contribution in [3.8, 4) is 11.1 Å². The monoisotopic (exact) mass is 383 g/mol. The number of aryl methyl sites for hydroxylation is 1. The van der Waals surface area contributed by atoms with E-state index in [9.17, 15) is 4.39 Å². The Morgan fingerprint density at radius 2 is 1.93 bits per heavy atom. The molecule has 3 aromatic rings. The summed E-state index contributed by atoms with van der Waals surface area (Å²) < 4.78 is 14.5. The number of benzene rings is 1. The molecule has 3 rings (SSSR count). The van der Waals surface area contributed by atoms with Crippen molar-refractivity contribution >= 4 is 28.4 Å². The van der Waals surface area contributed by atoms with Crippen molar-refractivity contribution in [2.45, 2.75) is 48.5 Å². The van der Waals surface area contributed by atoms with Gasteiger partial charge in [0.2, 0.25) is 5.95 Å². The van der Waals surface area contributed by atoms with Gasteiger partial charge in [-0.15, -0.1) is 0 Å². The van der Waals surface area contributed by atoms with Gasteiger partial charge in [-0.1, -0.05) is 20.8 Å². The molecule has 0 aliphatic carbocycles. The van der Waals surface area contributed by atoms with E-state index in [4.69, 9.17) is 0 Å². The van der Waals surface area contributed by atoms with E-state index in [0.29, 0.717) is 11.6 Å². The molecule has 0 saturated carbocycles. The van der Waals surface area contributed by atoms with Crippen molar-refractivity contribution in [3.05, 3.63) is 35.9 Å². The number of fused-ring (bicyclic) bond motifs is 1. The van der Waals surface area contributed by atoms with Gasteiger partial charge in [-0.25, -0.2) is 9.37 Å². The normalized spacial score (nSPS) is 10.6. The number of aromatic amines is 1. The van der Waals surface area contributed by atoms with E-state index in [0.717, 1.165) is 45.9 Å². The van der Waals surface area contributed by atoms with Gasteiger partial charge in [0.05, 0.1) is 0 Å². The molecular formula is C22H30FN5. The zero-order chi connectivity index (χ0) is 20.8. The summed E-state index contributed by atoms with van der Waals surface area (Å²) in [5, 5.41) is 3.94. The number of nitrogens with zero attached hydrogens (tertiary/aromatic N) is 3. The van der Waals surface area contributed by atoms with Crippen LogP contribution in [0.25, 0.3) is 22.2 Å². The second-order valence-electron chi connectivity index (χ2n) is 7.60. The zero-order valence-corrected chi connectivity index (χ0v) is 17.8. The Balaban J connectivity index is 0.000000640. The maximum Gasteiger partial charge on any atom is 0.224 e. The molecule has 0 saturated heterocycles. The number of hydrogen-bond donors (Lipinski definition) is 2. The Hall–Kier alpha value is -2.76. The van der Waals surface area contributed by atoms with Crippen molar-refractivity contribution in [2.75, 3.05) is 11.9 Å². The van der Waals surface area contributed by atoms with Gasteiger partial charge in [-0.2, -0.15) is 4.98 Å². The molecule has 6 heteroatoms. The van der Waals surface area contributed by atoms with Crippen LogP contribution in [0.1, 0.15) is 47.1 Å². The first kappa shape index (κ1) is 21.5. The van der Waals surface area contributed by atoms with E-state index in [1.807, 2.05) is 40.0 Å². The first-order chi connectivity index (χ1) is 13.2. The molecule has 2 N–H and O–H groups in total. The van der Waals surface area contributed by atoms with Crippen LogP contribution >= 0.6 is 0 Å². The summed E-state index contributed by atoms with van der Waals surface area (Å²) >= 11 is 0. The van der Waals surface area contributed by atoms with Gasteiger partial charge in [-0.05, 0) is 56.9 Å². The first-order valence-corrected chi connectivity index (χ1v) is 9.63. The van der Waals surface area contributed by atoms with Crippen LogP contribution in [0.3, 0.4) is 0 Å². The molecule has 5 nitrogen and oxygen atoms in total. The standard InChI is InChI=1S/C18H20FN5.C4H10/c1-5-20-18-22-9-14-13(8-21-17(14)24-18)12-6-11(4)16(15(19)7-12)23-10(2)3;1-4(2)3/h6-9H,5H2,1-4H3,(H2,20,21,22,24);4H,1-3H3. The molecule has 1 aromatic carbocycles. The number of aliphatic imine (C=N–C) groups is 1. The van der Waals surface area contributed by atoms with Crippen LogP contribution in [0, 0.1) is 18.7 Å². The highest BCUT2D eigenvalue weighted by Gasteiger charge is 2.13. The van der Waals surface area contributed by atoms with Crippen LogP contribution in [0.2, 0.25) is 0 Å². The highest BCUT2D eigenvalue weighted by molar-refractivity contribution is 5.94. The molecule has 2 heterocycles. The predicted molar refractivity (Wildman–Crippen MR) is 117 cm³/mol. The number of rotatable bonds is 4. The lowest BCUT2D eigenvalue weighted by Gasteiger charge is -2.07. The molecule has 0 atom stereocenters. The summed E-state index contributed by atoms with van der Waals surface area (Å²) in [5.41, 5.74) is 4.39. The molecule has 0 aliphatic rings. The average Bonchev–Trinajstić information content (AvgIpc) is 3.01. The lowest BCUT2D eigenvalue weighted by molar-refractivity contribution is 0.629. The van der Waals surface area contributed by atoms with Gasteiger partial charge in [-0.3, -0.25) is 4.99 Å². The van der Waals surface area contributed by atoms with Gasteiger partial charge in [0, 0.05) is 35.6 Å². The Bertz CT molecular complexity index is 942. The minimum Gasteiger partial charge on any atom is -0.354 e. The van der Waals surface area contributed by atoms with Crippen molar-refractivity contribution in [2.24, 2.45) is 10.9 Å². The molecule has 2 aromatic heterocycles. The third-order valence-corrected chi connectivity index (χ3v) is 3.67. The third kappa shape index (κ3) is 5.38. The number of halogens is 1. The third-order valence-electron chi connectivity index (χ3n) is 3.67. The number of H-pyrrole nitrogens is 1. The molecule has 0 spiro atoms. The number of aromatic nitrogens is 3. The summed E-state index contributed by atoms with van der Waals surface area (Å²) in [5.74, 6) is 1.08. The van der Waals surface area contributed by atoms with Crippen LogP contribution < -0.4 is 5.32 Å². The first-order valence-electron chi connectivity index (χ1n) is 9.63. The predicted octanol–water partition coefficient (Wildman–Crippen LogP) is 6.28. The molecule has 0 amide bonds. The van der Waals surface area contributed by atoms with E-state index >= 15 is 0 Å². The molecule has 150 valence electrons. The van der Waals surface area contributed by atoms with Crippen LogP contribution in [0.4, 0.5) is 16.0 Å². The molecule has 0 bridgehead atoms. The van der Waals surface area contributed by atoms with Crippen LogP contribution in [0.15, 0.2) is 29.5 Å². The Morgan fingerprint density at radius 3 is 2.50 bits per heavy atom. The summed E-state index contributed by atoms with van der Waals surface area (Å²) in [6.45, 7) is 14.8. The van der Waals surface area contributed by atoms with Gasteiger partial charge in [0.25, 0.3) is 0 Å². The van der Waals surface area contributed by atoms with E-state index in [-0.39, 0.29) is 5.82 Å². The Kier molecular flexibility index (Phi) is 7.26. The SMILES string of the molecule is CC(C)C.CCNc1ncc2c(-c3cc(C)c(N=C(C)C)c(F)c3)c[nH]c2n1. The number of anilines is 1. The summed E-state index contributed by atoms with van der Waals surface area (Å²) in [7, 11) is 0. The number of nitrogens with one attached hydrogen (secondary N) is 2. The van der Waals surface area contributed by atoms with Crippen LogP contribution in [-0.4, -0.2) is 27.2 Å². The van der Waals surface area contributed by atoms with Crippen LogP contribution in [0.5, 0.6) is 0 Å². The topological polar surface area (TPSA) is 66.0 Å². The molecule has 0 radical (unpaired) electrons. The molecular weight excluding hydrogens is 353 g/mol. The maximum atomic E-state index is 14.5. The Morgan fingerprint density at radius 1 is 1.25 bits per heavy atom. The number of hydrogen-bond acceptors (Lipinski definition) is 4. The molecule has 0 aliphatic heterocycles. The van der Waals surface area contributed by atoms with Gasteiger partial charge in [0.15, 0.2) is 0 Å². The maximum absolute atomic E-state index is 14.5. The smallest absolute Gasteiger partial charge is 0.224 e. The van der Waals surface area contributed by atoms with E-state index < -0.39 is 0 Å². The minimum atomic E-state index is -0.328. The fourth-order valence-corrected chi connectivity index (χ4v) is 2.65. The van der Waals surface area contributed by atoms with Gasteiger partial charge < -0.3 is 10.3 Å². The Labute approximate surface area is 166 Å². The summed E-state index contributed by atoms with van der Waals surface area (Å²) in [6, 6.07) is 3.45. The van der Waals surface area contributed by atoms with Crippen molar-refractivity contribution in [1.29, 1.82) is 0 Å². The highest BCUT2D eigenvalue weighted by Crippen LogP contribution is 2.33. The van der Waals surface area contributed by atoms with Crippen molar-refractivity contribution in [1.82, 2.24) is 15.0 Å². The van der Waals surface area contributed by atoms with Crippen molar-refractivity contribution < 1.29 is 4.39 Å². The van der Waals surface area contributed by atoms with E-state index in [1.165, 1.54) is 6.07 Å². The van der Waals surface area contributed by atoms with Gasteiger partial charge >= 0.3 is 0 Å². The molecule has 0 unspecified atom stereocenters. The lowest BCUT2D eigenvalue weighted by atomic mass is 10.0. The second-order valence-corrected chi connectivity index (χ2v) is 7.60. The fraction of sp³-hybridized carbons (Fsp3) is 0.409. The quantitative estimate of drug-likeness (QED) is 0.521. The van der Waals surface area contributed by atoms with Gasteiger partial charge in [0.1, 0.15) is 17.2 Å². The van der Waals surface area contributed by atoms with E-state index in [1.54, 1.807) is 6.20 Å². The fourth-order valence-electron chi connectivity index (χ4n) is 2.65. The zero-order valence-electron chi connectivity index (χ0n) is 17.8. The largest absolute Gasteiger partial charge is 0.354 e. The highest BCUT2D eigenvalue weighted by atomic mass is 19.1.